The van der Waals surface area contributed by atoms with E-state index in [2.05, 4.69) is 0 Å². The van der Waals surface area contributed by atoms with E-state index in [4.69, 9.17) is 4.74 Å². The molecule has 1 amide bonds. The van der Waals surface area contributed by atoms with Crippen LogP contribution in [0.4, 0.5) is 0 Å². The molecule has 1 aliphatic rings. The van der Waals surface area contributed by atoms with Crippen LogP contribution in [0, 0.1) is 5.41 Å². The average Bonchev–Trinajstić information content (AvgIpc) is 2.75. The summed E-state index contributed by atoms with van der Waals surface area (Å²) >= 11 is 0. The lowest BCUT2D eigenvalue weighted by atomic mass is 9.83. The van der Waals surface area contributed by atoms with Crippen molar-refractivity contribution in [1.82, 2.24) is 4.90 Å². The van der Waals surface area contributed by atoms with Crippen molar-refractivity contribution in [2.24, 2.45) is 5.41 Å². The highest BCUT2D eigenvalue weighted by molar-refractivity contribution is 5.80. The fourth-order valence-electron chi connectivity index (χ4n) is 2.51. The van der Waals surface area contributed by atoms with Crippen molar-refractivity contribution < 1.29 is 19.4 Å². The summed E-state index contributed by atoms with van der Waals surface area (Å²) in [4.78, 5) is 24.9. The lowest BCUT2D eigenvalue weighted by Crippen LogP contribution is -2.37. The number of carboxylic acid groups (broad SMARTS) is 1. The number of amides is 1. The van der Waals surface area contributed by atoms with E-state index in [1.54, 1.807) is 4.90 Å². The van der Waals surface area contributed by atoms with Crippen molar-refractivity contribution >= 4 is 11.9 Å². The first-order valence-electron chi connectivity index (χ1n) is 6.64. The molecule has 1 N–H and O–H groups in total. The molecule has 5 heteroatoms. The van der Waals surface area contributed by atoms with Crippen molar-refractivity contribution in [3.63, 3.8) is 0 Å². The average molecular weight is 257 g/mol. The minimum Gasteiger partial charge on any atom is -0.481 e. The van der Waals surface area contributed by atoms with Crippen molar-refractivity contribution in [2.75, 3.05) is 26.3 Å². The van der Waals surface area contributed by atoms with Crippen molar-refractivity contribution in [3.8, 4) is 0 Å². The zero-order valence-corrected chi connectivity index (χ0v) is 11.3. The lowest BCUT2D eigenvalue weighted by Gasteiger charge is -2.24. The second-order valence-corrected chi connectivity index (χ2v) is 4.85. The van der Waals surface area contributed by atoms with Gasteiger partial charge < -0.3 is 14.7 Å². The van der Waals surface area contributed by atoms with Gasteiger partial charge in [0.25, 0.3) is 0 Å². The second-order valence-electron chi connectivity index (χ2n) is 4.85. The van der Waals surface area contributed by atoms with Crippen molar-refractivity contribution in [1.29, 1.82) is 0 Å². The molecule has 5 nitrogen and oxygen atoms in total. The van der Waals surface area contributed by atoms with Gasteiger partial charge in [-0.05, 0) is 19.8 Å². The molecule has 1 fully saturated rings. The predicted molar refractivity (Wildman–Crippen MR) is 67.3 cm³/mol. The first kappa shape index (κ1) is 15.0. The highest BCUT2D eigenvalue weighted by atomic mass is 16.5. The quantitative estimate of drug-likeness (QED) is 0.702. The van der Waals surface area contributed by atoms with Crippen LogP contribution in [0.25, 0.3) is 0 Å². The third kappa shape index (κ3) is 3.45. The summed E-state index contributed by atoms with van der Waals surface area (Å²) in [6.45, 7) is 5.78. The molecule has 0 aromatic heterocycles. The van der Waals surface area contributed by atoms with Crippen molar-refractivity contribution in [2.45, 2.75) is 39.5 Å². The van der Waals surface area contributed by atoms with Gasteiger partial charge in [-0.2, -0.15) is 0 Å². The number of hydrogen-bond donors (Lipinski definition) is 1. The Hall–Kier alpha value is -1.10. The molecule has 1 saturated heterocycles. The molecule has 0 saturated carbocycles. The van der Waals surface area contributed by atoms with Gasteiger partial charge in [-0.25, -0.2) is 0 Å². The smallest absolute Gasteiger partial charge is 0.311 e. The van der Waals surface area contributed by atoms with Crippen LogP contribution in [0.2, 0.25) is 0 Å². The van der Waals surface area contributed by atoms with Gasteiger partial charge >= 0.3 is 5.97 Å². The summed E-state index contributed by atoms with van der Waals surface area (Å²) in [6, 6.07) is 0. The van der Waals surface area contributed by atoms with Gasteiger partial charge in [0, 0.05) is 19.7 Å². The molecule has 18 heavy (non-hydrogen) atoms. The molecule has 0 radical (unpaired) electrons. The van der Waals surface area contributed by atoms with Gasteiger partial charge in [-0.15, -0.1) is 0 Å². The molecule has 1 unspecified atom stereocenters. The number of rotatable bonds is 7. The van der Waals surface area contributed by atoms with Crippen molar-refractivity contribution in [3.05, 3.63) is 0 Å². The summed E-state index contributed by atoms with van der Waals surface area (Å²) in [5, 5.41) is 9.35. The van der Waals surface area contributed by atoms with Gasteiger partial charge in [-0.1, -0.05) is 13.3 Å². The van der Waals surface area contributed by atoms with E-state index in [-0.39, 0.29) is 5.91 Å². The lowest BCUT2D eigenvalue weighted by molar-refractivity contribution is -0.149. The maximum atomic E-state index is 11.9. The molecular weight excluding hydrogens is 234 g/mol. The first-order chi connectivity index (χ1) is 8.55. The van der Waals surface area contributed by atoms with Crippen LogP contribution in [-0.2, 0) is 14.3 Å². The number of carbonyl (C=O) groups excluding carboxylic acids is 1. The predicted octanol–water partition coefficient (Wildman–Crippen LogP) is 1.52. The third-order valence-corrected chi connectivity index (χ3v) is 3.55. The molecule has 0 spiro atoms. The Morgan fingerprint density at radius 2 is 2.11 bits per heavy atom. The molecule has 0 bridgehead atoms. The molecule has 1 rings (SSSR count). The number of aliphatic carboxylic acids is 1. The van der Waals surface area contributed by atoms with Gasteiger partial charge in [0.05, 0.1) is 18.4 Å². The molecule has 0 aliphatic carbocycles. The zero-order valence-electron chi connectivity index (χ0n) is 11.3. The van der Waals surface area contributed by atoms with Gasteiger partial charge in [-0.3, -0.25) is 9.59 Å². The fraction of sp³-hybridized carbons (Fsp3) is 0.846. The van der Waals surface area contributed by atoms with Gasteiger partial charge in [0.15, 0.2) is 0 Å². The van der Waals surface area contributed by atoms with E-state index in [0.29, 0.717) is 45.6 Å². The van der Waals surface area contributed by atoms with Gasteiger partial charge in [0.2, 0.25) is 5.91 Å². The Kier molecular flexibility index (Phi) is 5.59. The van der Waals surface area contributed by atoms with Crippen LogP contribution >= 0.6 is 0 Å². The highest BCUT2D eigenvalue weighted by Crippen LogP contribution is 2.35. The summed E-state index contributed by atoms with van der Waals surface area (Å²) in [5.41, 5.74) is -0.726. The maximum absolute atomic E-state index is 11.9. The molecule has 1 atom stereocenters. The molecular formula is C13H23NO4. The SMILES string of the molecule is CCCC1(C(=O)O)CCN(C(=O)CCOCC)C1. The minimum atomic E-state index is -0.774. The third-order valence-electron chi connectivity index (χ3n) is 3.55. The number of carbonyl (C=O) groups is 2. The Labute approximate surface area is 108 Å². The van der Waals surface area contributed by atoms with Crippen LogP contribution in [0.5, 0.6) is 0 Å². The first-order valence-corrected chi connectivity index (χ1v) is 6.64. The zero-order chi connectivity index (χ0) is 13.6. The van der Waals surface area contributed by atoms with E-state index >= 15 is 0 Å². The van der Waals surface area contributed by atoms with Gasteiger partial charge in [0.1, 0.15) is 0 Å². The Morgan fingerprint density at radius 1 is 1.39 bits per heavy atom. The summed E-state index contributed by atoms with van der Waals surface area (Å²) < 4.78 is 5.15. The standard InChI is InChI=1S/C13H23NO4/c1-3-6-13(12(16)17)7-8-14(10-13)11(15)5-9-18-4-2/h3-10H2,1-2H3,(H,16,17). The van der Waals surface area contributed by atoms with E-state index in [1.165, 1.54) is 0 Å². The largest absolute Gasteiger partial charge is 0.481 e. The summed E-state index contributed by atoms with van der Waals surface area (Å²) in [6.07, 6.45) is 2.37. The number of ether oxygens (including phenoxy) is 1. The summed E-state index contributed by atoms with van der Waals surface area (Å²) in [5.74, 6) is -0.771. The molecule has 1 aliphatic heterocycles. The van der Waals surface area contributed by atoms with Crippen LogP contribution in [-0.4, -0.2) is 48.2 Å². The van der Waals surface area contributed by atoms with Crippen LogP contribution in [0.3, 0.4) is 0 Å². The number of nitrogens with zero attached hydrogens (tertiary/aromatic N) is 1. The Morgan fingerprint density at radius 3 is 2.67 bits per heavy atom. The van der Waals surface area contributed by atoms with E-state index in [1.807, 2.05) is 13.8 Å². The fourth-order valence-corrected chi connectivity index (χ4v) is 2.51. The molecule has 1 heterocycles. The summed E-state index contributed by atoms with van der Waals surface area (Å²) in [7, 11) is 0. The number of carboxylic acids is 1. The van der Waals surface area contributed by atoms with E-state index in [0.717, 1.165) is 6.42 Å². The Bertz CT molecular complexity index is 305. The van der Waals surface area contributed by atoms with Crippen LogP contribution < -0.4 is 0 Å². The molecule has 0 aromatic rings. The monoisotopic (exact) mass is 257 g/mol. The van der Waals surface area contributed by atoms with E-state index in [9.17, 15) is 14.7 Å². The van der Waals surface area contributed by atoms with E-state index < -0.39 is 11.4 Å². The maximum Gasteiger partial charge on any atom is 0.311 e. The van der Waals surface area contributed by atoms with Crippen LogP contribution in [0.1, 0.15) is 39.5 Å². The highest BCUT2D eigenvalue weighted by Gasteiger charge is 2.45. The van der Waals surface area contributed by atoms with Crippen LogP contribution in [0.15, 0.2) is 0 Å². The molecule has 0 aromatic carbocycles. The Balaban J connectivity index is 2.52. The number of likely N-dealkylation sites (tertiary alicyclic amines) is 1. The second kappa shape index (κ2) is 6.73. The minimum absolute atomic E-state index is 0.00248. The number of hydrogen-bond acceptors (Lipinski definition) is 3. The normalized spacial score (nSPS) is 23.3. The molecule has 104 valence electrons. The topological polar surface area (TPSA) is 66.8 Å².